The fraction of sp³-hybridized carbons (Fsp3) is 0.812. The highest BCUT2D eigenvalue weighted by Gasteiger charge is 2.48. The van der Waals surface area contributed by atoms with E-state index in [-0.39, 0.29) is 18.2 Å². The van der Waals surface area contributed by atoms with E-state index < -0.39 is 0 Å². The van der Waals surface area contributed by atoms with Crippen molar-refractivity contribution < 1.29 is 9.59 Å². The second-order valence-corrected chi connectivity index (χ2v) is 7.22. The van der Waals surface area contributed by atoms with Crippen LogP contribution >= 0.6 is 0 Å². The van der Waals surface area contributed by atoms with Crippen molar-refractivity contribution in [2.75, 3.05) is 0 Å². The molecule has 4 rings (SSSR count). The zero-order valence-electron chi connectivity index (χ0n) is 12.9. The molecule has 0 aromatic rings. The Kier molecular flexibility index (Phi) is 4.00. The van der Waals surface area contributed by atoms with Crippen LogP contribution in [-0.4, -0.2) is 23.6 Å². The maximum atomic E-state index is 12.2. The van der Waals surface area contributed by atoms with Gasteiger partial charge in [-0.05, 0) is 62.7 Å². The predicted octanol–water partition coefficient (Wildman–Crippen LogP) is 1.83. The minimum absolute atomic E-state index is 0.0408. The SMILES string of the molecule is CC(=O)N/N=C(/C)CC(=O)NC1C2CC3CC(C2)CC1C3. The van der Waals surface area contributed by atoms with E-state index in [9.17, 15) is 9.59 Å². The third kappa shape index (κ3) is 3.27. The van der Waals surface area contributed by atoms with Gasteiger partial charge in [-0.3, -0.25) is 9.59 Å². The maximum Gasteiger partial charge on any atom is 0.236 e. The van der Waals surface area contributed by atoms with Gasteiger partial charge in [0.25, 0.3) is 0 Å². The fourth-order valence-corrected chi connectivity index (χ4v) is 4.84. The highest BCUT2D eigenvalue weighted by atomic mass is 16.2. The summed E-state index contributed by atoms with van der Waals surface area (Å²) in [6.45, 7) is 3.18. The monoisotopic (exact) mass is 291 g/mol. The Labute approximate surface area is 125 Å². The molecule has 116 valence electrons. The Morgan fingerprint density at radius 2 is 1.57 bits per heavy atom. The molecule has 0 heterocycles. The lowest BCUT2D eigenvalue weighted by atomic mass is 9.54. The number of rotatable bonds is 4. The predicted molar refractivity (Wildman–Crippen MR) is 80.5 cm³/mol. The van der Waals surface area contributed by atoms with E-state index in [0.717, 1.165) is 11.8 Å². The fourth-order valence-electron chi connectivity index (χ4n) is 4.84. The zero-order chi connectivity index (χ0) is 15.0. The van der Waals surface area contributed by atoms with Crippen molar-refractivity contribution in [1.82, 2.24) is 10.7 Å². The summed E-state index contributed by atoms with van der Waals surface area (Å²) >= 11 is 0. The largest absolute Gasteiger partial charge is 0.352 e. The molecule has 5 heteroatoms. The summed E-state index contributed by atoms with van der Waals surface area (Å²) in [6.07, 6.45) is 6.90. The van der Waals surface area contributed by atoms with E-state index in [0.29, 0.717) is 23.6 Å². The molecule has 4 aliphatic carbocycles. The third-order valence-corrected chi connectivity index (χ3v) is 5.37. The van der Waals surface area contributed by atoms with Crippen molar-refractivity contribution in [2.45, 2.75) is 58.4 Å². The molecule has 4 saturated carbocycles. The van der Waals surface area contributed by atoms with Crippen LogP contribution in [0.2, 0.25) is 0 Å². The van der Waals surface area contributed by atoms with E-state index in [1.807, 2.05) is 0 Å². The molecule has 4 bridgehead atoms. The lowest BCUT2D eigenvalue weighted by molar-refractivity contribution is -0.124. The van der Waals surface area contributed by atoms with Crippen LogP contribution in [0, 0.1) is 23.7 Å². The molecule has 0 aromatic carbocycles. The molecular formula is C16H25N3O2. The quantitative estimate of drug-likeness (QED) is 0.613. The van der Waals surface area contributed by atoms with Crippen molar-refractivity contribution in [3.05, 3.63) is 0 Å². The third-order valence-electron chi connectivity index (χ3n) is 5.37. The number of nitrogens with one attached hydrogen (secondary N) is 2. The molecule has 0 unspecified atom stereocenters. The van der Waals surface area contributed by atoms with E-state index in [1.54, 1.807) is 6.92 Å². The molecule has 0 atom stereocenters. The van der Waals surface area contributed by atoms with Crippen molar-refractivity contribution in [2.24, 2.45) is 28.8 Å². The number of amides is 2. The molecule has 0 spiro atoms. The van der Waals surface area contributed by atoms with Gasteiger partial charge >= 0.3 is 0 Å². The van der Waals surface area contributed by atoms with Crippen LogP contribution in [0.1, 0.15) is 52.4 Å². The lowest BCUT2D eigenvalue weighted by Crippen LogP contribution is -2.56. The Morgan fingerprint density at radius 3 is 2.10 bits per heavy atom. The summed E-state index contributed by atoms with van der Waals surface area (Å²) in [6, 6.07) is 0.374. The van der Waals surface area contributed by atoms with Gasteiger partial charge in [-0.2, -0.15) is 5.10 Å². The minimum atomic E-state index is -0.212. The molecule has 21 heavy (non-hydrogen) atoms. The highest BCUT2D eigenvalue weighted by molar-refractivity contribution is 6.00. The summed E-state index contributed by atoms with van der Waals surface area (Å²) in [4.78, 5) is 23.0. The Balaban J connectivity index is 1.53. The van der Waals surface area contributed by atoms with Gasteiger partial charge in [0, 0.05) is 18.7 Å². The summed E-state index contributed by atoms with van der Waals surface area (Å²) in [7, 11) is 0. The summed E-state index contributed by atoms with van der Waals surface area (Å²) < 4.78 is 0. The first kappa shape index (κ1) is 14.5. The topological polar surface area (TPSA) is 70.6 Å². The van der Waals surface area contributed by atoms with Crippen molar-refractivity contribution in [1.29, 1.82) is 0 Å². The Bertz CT molecular complexity index is 444. The first-order valence-electron chi connectivity index (χ1n) is 8.10. The van der Waals surface area contributed by atoms with Crippen LogP contribution in [0.5, 0.6) is 0 Å². The molecule has 0 aliphatic heterocycles. The van der Waals surface area contributed by atoms with Crippen LogP contribution < -0.4 is 10.7 Å². The molecular weight excluding hydrogens is 266 g/mol. The van der Waals surface area contributed by atoms with Crippen LogP contribution in [0.25, 0.3) is 0 Å². The zero-order valence-corrected chi connectivity index (χ0v) is 12.9. The van der Waals surface area contributed by atoms with Crippen LogP contribution in [0.3, 0.4) is 0 Å². The average Bonchev–Trinajstić information content (AvgIpc) is 2.39. The number of hydrogen-bond donors (Lipinski definition) is 2. The van der Waals surface area contributed by atoms with Crippen molar-refractivity contribution in [3.8, 4) is 0 Å². The van der Waals surface area contributed by atoms with Gasteiger partial charge in [-0.15, -0.1) is 0 Å². The van der Waals surface area contributed by atoms with E-state index in [1.165, 1.54) is 39.0 Å². The second kappa shape index (κ2) is 5.78. The van der Waals surface area contributed by atoms with Gasteiger partial charge in [-0.1, -0.05) is 0 Å². The summed E-state index contributed by atoms with van der Waals surface area (Å²) in [5.41, 5.74) is 3.02. The first-order chi connectivity index (χ1) is 10.0. The van der Waals surface area contributed by atoms with Gasteiger partial charge in [-0.25, -0.2) is 5.43 Å². The van der Waals surface area contributed by atoms with E-state index in [2.05, 4.69) is 15.8 Å². The number of hydrazone groups is 1. The summed E-state index contributed by atoms with van der Waals surface area (Å²) in [5, 5.41) is 7.15. The van der Waals surface area contributed by atoms with Gasteiger partial charge < -0.3 is 5.32 Å². The number of carbonyl (C=O) groups is 2. The smallest absolute Gasteiger partial charge is 0.236 e. The lowest BCUT2D eigenvalue weighted by Gasteiger charge is -2.54. The molecule has 2 amide bonds. The molecule has 5 nitrogen and oxygen atoms in total. The molecule has 0 radical (unpaired) electrons. The molecule has 2 N–H and O–H groups in total. The van der Waals surface area contributed by atoms with Gasteiger partial charge in [0.1, 0.15) is 0 Å². The second-order valence-electron chi connectivity index (χ2n) is 7.22. The molecule has 0 aromatic heterocycles. The van der Waals surface area contributed by atoms with Gasteiger partial charge in [0.15, 0.2) is 0 Å². The van der Waals surface area contributed by atoms with Crippen LogP contribution in [-0.2, 0) is 9.59 Å². The maximum absolute atomic E-state index is 12.2. The number of hydrogen-bond acceptors (Lipinski definition) is 3. The van der Waals surface area contributed by atoms with Gasteiger partial charge in [0.05, 0.1) is 6.42 Å². The van der Waals surface area contributed by atoms with Crippen LogP contribution in [0.4, 0.5) is 0 Å². The molecule has 4 aliphatic rings. The van der Waals surface area contributed by atoms with Crippen molar-refractivity contribution >= 4 is 17.5 Å². The van der Waals surface area contributed by atoms with Crippen LogP contribution in [0.15, 0.2) is 5.10 Å². The molecule has 0 saturated heterocycles. The normalized spacial score (nSPS) is 37.4. The molecule has 4 fully saturated rings. The van der Waals surface area contributed by atoms with E-state index >= 15 is 0 Å². The standard InChI is InChI=1S/C16H25N3O2/c1-9(18-19-10(2)20)3-15(21)17-16-13-5-11-4-12(7-13)8-14(16)6-11/h11-14,16H,3-8H2,1-2H3,(H,17,21)(H,19,20)/b18-9-. The summed E-state index contributed by atoms with van der Waals surface area (Å²) in [5.74, 6) is 3.05. The van der Waals surface area contributed by atoms with Crippen molar-refractivity contribution in [3.63, 3.8) is 0 Å². The van der Waals surface area contributed by atoms with Gasteiger partial charge in [0.2, 0.25) is 11.8 Å². The van der Waals surface area contributed by atoms with E-state index in [4.69, 9.17) is 0 Å². The number of carbonyl (C=O) groups excluding carboxylic acids is 2. The Morgan fingerprint density at radius 1 is 1.00 bits per heavy atom. The average molecular weight is 291 g/mol. The Hall–Kier alpha value is -1.39. The first-order valence-corrected chi connectivity index (χ1v) is 8.10. The highest BCUT2D eigenvalue weighted by Crippen LogP contribution is 2.53. The minimum Gasteiger partial charge on any atom is -0.352 e. The number of nitrogens with zero attached hydrogens (tertiary/aromatic N) is 1.